The summed E-state index contributed by atoms with van der Waals surface area (Å²) >= 11 is 2.03. The largest absolute Gasteiger partial charge is 0.383 e. The monoisotopic (exact) mass is 175 g/mol. The van der Waals surface area contributed by atoms with Crippen LogP contribution in [0.25, 0.3) is 0 Å². The van der Waals surface area contributed by atoms with Crippen molar-refractivity contribution in [1.29, 1.82) is 0 Å². The Kier molecular flexibility index (Phi) is 4.26. The van der Waals surface area contributed by atoms with E-state index in [9.17, 15) is 0 Å². The average molecular weight is 175 g/mol. The molecule has 2 unspecified atom stereocenters. The number of nitrogens with one attached hydrogen (secondary N) is 1. The second-order valence-electron chi connectivity index (χ2n) is 3.20. The molecule has 1 fully saturated rings. The average Bonchev–Trinajstić information content (AvgIpc) is 2.17. The van der Waals surface area contributed by atoms with Crippen LogP contribution in [0.5, 0.6) is 0 Å². The Labute approximate surface area is 73.1 Å². The molecule has 0 aromatic heterocycles. The van der Waals surface area contributed by atoms with Crippen molar-refractivity contribution >= 4 is 11.8 Å². The van der Waals surface area contributed by atoms with Gasteiger partial charge in [-0.15, -0.1) is 0 Å². The van der Waals surface area contributed by atoms with Gasteiger partial charge in [0.15, 0.2) is 0 Å². The number of hydrogen-bond acceptors (Lipinski definition) is 3. The molecule has 0 aromatic carbocycles. The molecule has 1 aliphatic rings. The summed E-state index contributed by atoms with van der Waals surface area (Å²) in [6, 6.07) is 0.565. The summed E-state index contributed by atoms with van der Waals surface area (Å²) in [6.07, 6.45) is 0. The maximum atomic E-state index is 5.10. The summed E-state index contributed by atoms with van der Waals surface area (Å²) in [7, 11) is 1.76. The lowest BCUT2D eigenvalue weighted by Crippen LogP contribution is -2.36. The third-order valence-electron chi connectivity index (χ3n) is 1.84. The Morgan fingerprint density at radius 2 is 2.36 bits per heavy atom. The van der Waals surface area contributed by atoms with Crippen molar-refractivity contribution in [3.05, 3.63) is 0 Å². The predicted molar refractivity (Wildman–Crippen MR) is 50.2 cm³/mol. The lowest BCUT2D eigenvalue weighted by molar-refractivity contribution is 0.173. The van der Waals surface area contributed by atoms with Gasteiger partial charge in [-0.2, -0.15) is 11.8 Å². The van der Waals surface area contributed by atoms with Gasteiger partial charge in [-0.1, -0.05) is 6.92 Å². The predicted octanol–water partition coefficient (Wildman–Crippen LogP) is 0.974. The van der Waals surface area contributed by atoms with Crippen LogP contribution >= 0.6 is 11.8 Å². The minimum absolute atomic E-state index is 0.565. The van der Waals surface area contributed by atoms with E-state index in [0.29, 0.717) is 6.04 Å². The third kappa shape index (κ3) is 3.45. The summed E-state index contributed by atoms with van der Waals surface area (Å²) in [5.41, 5.74) is 0. The summed E-state index contributed by atoms with van der Waals surface area (Å²) in [6.45, 7) is 4.27. The van der Waals surface area contributed by atoms with Crippen molar-refractivity contribution < 1.29 is 4.74 Å². The van der Waals surface area contributed by atoms with Crippen LogP contribution in [0.4, 0.5) is 0 Å². The van der Waals surface area contributed by atoms with Gasteiger partial charge in [0.2, 0.25) is 0 Å². The topological polar surface area (TPSA) is 21.3 Å². The van der Waals surface area contributed by atoms with Crippen LogP contribution in [0.1, 0.15) is 6.92 Å². The standard InChI is InChI=1S/C8H17NOS/c1-7-3-9-8(4-10-2)6-11-5-7/h7-9H,3-6H2,1-2H3. The van der Waals surface area contributed by atoms with Gasteiger partial charge < -0.3 is 10.1 Å². The lowest BCUT2D eigenvalue weighted by atomic mass is 10.2. The van der Waals surface area contributed by atoms with E-state index in [-0.39, 0.29) is 0 Å². The van der Waals surface area contributed by atoms with Crippen LogP contribution in [0, 0.1) is 5.92 Å². The number of thioether (sulfide) groups is 1. The van der Waals surface area contributed by atoms with Gasteiger partial charge in [0.05, 0.1) is 6.61 Å². The smallest absolute Gasteiger partial charge is 0.0623 e. The van der Waals surface area contributed by atoms with Crippen LogP contribution < -0.4 is 5.32 Å². The zero-order valence-corrected chi connectivity index (χ0v) is 8.12. The molecule has 2 atom stereocenters. The molecule has 0 bridgehead atoms. The van der Waals surface area contributed by atoms with E-state index in [0.717, 1.165) is 19.1 Å². The van der Waals surface area contributed by atoms with E-state index < -0.39 is 0 Å². The summed E-state index contributed by atoms with van der Waals surface area (Å²) in [5, 5.41) is 3.49. The van der Waals surface area contributed by atoms with Crippen LogP contribution in [0.2, 0.25) is 0 Å². The van der Waals surface area contributed by atoms with Gasteiger partial charge in [0.25, 0.3) is 0 Å². The summed E-state index contributed by atoms with van der Waals surface area (Å²) in [5.74, 6) is 3.28. The molecule has 2 nitrogen and oxygen atoms in total. The quantitative estimate of drug-likeness (QED) is 0.676. The first-order chi connectivity index (χ1) is 5.33. The molecule has 11 heavy (non-hydrogen) atoms. The maximum Gasteiger partial charge on any atom is 0.0623 e. The second-order valence-corrected chi connectivity index (χ2v) is 4.28. The van der Waals surface area contributed by atoms with Gasteiger partial charge in [0, 0.05) is 18.9 Å². The Morgan fingerprint density at radius 3 is 3.09 bits per heavy atom. The number of ether oxygens (including phenoxy) is 1. The second kappa shape index (κ2) is 5.01. The summed E-state index contributed by atoms with van der Waals surface area (Å²) < 4.78 is 5.10. The number of methoxy groups -OCH3 is 1. The SMILES string of the molecule is COCC1CSCC(C)CN1. The fraction of sp³-hybridized carbons (Fsp3) is 1.00. The molecule has 66 valence electrons. The van der Waals surface area contributed by atoms with E-state index in [1.165, 1.54) is 11.5 Å². The summed E-state index contributed by atoms with van der Waals surface area (Å²) in [4.78, 5) is 0. The van der Waals surface area contributed by atoms with Gasteiger partial charge in [0.1, 0.15) is 0 Å². The minimum atomic E-state index is 0.565. The highest BCUT2D eigenvalue weighted by molar-refractivity contribution is 7.99. The molecule has 1 aliphatic heterocycles. The van der Waals surface area contributed by atoms with E-state index in [4.69, 9.17) is 4.74 Å². The first kappa shape index (κ1) is 9.36. The molecule has 0 aliphatic carbocycles. The highest BCUT2D eigenvalue weighted by Crippen LogP contribution is 2.13. The van der Waals surface area contributed by atoms with Crippen LogP contribution in [-0.2, 0) is 4.74 Å². The van der Waals surface area contributed by atoms with Crippen LogP contribution in [0.3, 0.4) is 0 Å². The lowest BCUT2D eigenvalue weighted by Gasteiger charge is -2.13. The van der Waals surface area contributed by atoms with E-state index in [1.807, 2.05) is 11.8 Å². The molecule has 1 rings (SSSR count). The molecule has 1 heterocycles. The fourth-order valence-corrected chi connectivity index (χ4v) is 2.36. The third-order valence-corrected chi connectivity index (χ3v) is 3.29. The zero-order chi connectivity index (χ0) is 8.10. The van der Waals surface area contributed by atoms with Crippen molar-refractivity contribution in [2.45, 2.75) is 13.0 Å². The van der Waals surface area contributed by atoms with Gasteiger partial charge in [-0.3, -0.25) is 0 Å². The molecular formula is C8H17NOS. The Hall–Kier alpha value is 0.270. The molecule has 0 amide bonds. The van der Waals surface area contributed by atoms with Crippen molar-refractivity contribution in [2.24, 2.45) is 5.92 Å². The first-order valence-electron chi connectivity index (χ1n) is 4.13. The highest BCUT2D eigenvalue weighted by atomic mass is 32.2. The van der Waals surface area contributed by atoms with Crippen LogP contribution in [-0.4, -0.2) is 37.8 Å². The Bertz CT molecular complexity index is 110. The van der Waals surface area contributed by atoms with E-state index >= 15 is 0 Å². The van der Waals surface area contributed by atoms with Crippen molar-refractivity contribution in [1.82, 2.24) is 5.32 Å². The fourth-order valence-electron chi connectivity index (χ4n) is 1.21. The maximum absolute atomic E-state index is 5.10. The molecule has 0 aromatic rings. The molecule has 1 saturated heterocycles. The molecule has 0 saturated carbocycles. The molecule has 0 spiro atoms. The van der Waals surface area contributed by atoms with Crippen molar-refractivity contribution in [3.63, 3.8) is 0 Å². The molecule has 1 N–H and O–H groups in total. The zero-order valence-electron chi connectivity index (χ0n) is 7.30. The normalized spacial score (nSPS) is 33.3. The Morgan fingerprint density at radius 1 is 1.55 bits per heavy atom. The van der Waals surface area contributed by atoms with E-state index in [1.54, 1.807) is 7.11 Å². The number of hydrogen-bond donors (Lipinski definition) is 1. The molecular weight excluding hydrogens is 158 g/mol. The van der Waals surface area contributed by atoms with E-state index in [2.05, 4.69) is 12.2 Å². The van der Waals surface area contributed by atoms with Gasteiger partial charge in [-0.25, -0.2) is 0 Å². The highest BCUT2D eigenvalue weighted by Gasteiger charge is 2.14. The van der Waals surface area contributed by atoms with Gasteiger partial charge in [-0.05, 0) is 18.2 Å². The van der Waals surface area contributed by atoms with Gasteiger partial charge >= 0.3 is 0 Å². The molecule has 3 heteroatoms. The first-order valence-corrected chi connectivity index (χ1v) is 5.28. The van der Waals surface area contributed by atoms with Crippen LogP contribution in [0.15, 0.2) is 0 Å². The van der Waals surface area contributed by atoms with Crippen molar-refractivity contribution in [3.8, 4) is 0 Å². The molecule has 0 radical (unpaired) electrons. The number of rotatable bonds is 2. The van der Waals surface area contributed by atoms with Crippen molar-refractivity contribution in [2.75, 3.05) is 31.8 Å². The minimum Gasteiger partial charge on any atom is -0.383 e. The Balaban J connectivity index is 2.22.